The Kier molecular flexibility index (Phi) is 8.30. The Labute approximate surface area is 197 Å². The number of amides is 1. The van der Waals surface area contributed by atoms with Gasteiger partial charge in [-0.05, 0) is 48.2 Å². The second kappa shape index (κ2) is 11.2. The molecule has 0 aromatic heterocycles. The molecule has 168 valence electrons. The Morgan fingerprint density at radius 3 is 2.66 bits per heavy atom. The van der Waals surface area contributed by atoms with Crippen LogP contribution in [0.5, 0.6) is 11.5 Å². The molecule has 3 rings (SSSR count). The van der Waals surface area contributed by atoms with Crippen molar-refractivity contribution in [2.45, 2.75) is 26.4 Å². The molecule has 0 aliphatic carbocycles. The highest BCUT2D eigenvalue weighted by atomic mass is 32.2. The number of hydrogen-bond acceptors (Lipinski definition) is 7. The number of nitrogens with zero attached hydrogens (tertiary/aromatic N) is 1. The van der Waals surface area contributed by atoms with Crippen molar-refractivity contribution in [2.24, 2.45) is 0 Å². The molecule has 0 spiro atoms. The lowest BCUT2D eigenvalue weighted by Crippen LogP contribution is -2.29. The van der Waals surface area contributed by atoms with Gasteiger partial charge in [0.1, 0.15) is 10.9 Å². The van der Waals surface area contributed by atoms with Crippen LogP contribution in [-0.2, 0) is 20.9 Å². The number of esters is 1. The quantitative estimate of drug-likeness (QED) is 0.297. The number of carbonyl (C=O) groups excluding carboxylic acids is 2. The molecule has 1 fully saturated rings. The van der Waals surface area contributed by atoms with Crippen LogP contribution in [0.4, 0.5) is 0 Å². The largest absolute Gasteiger partial charge is 0.493 e. The number of thiocarbonyl (C=S) groups is 1. The third kappa shape index (κ3) is 5.89. The van der Waals surface area contributed by atoms with E-state index in [4.69, 9.17) is 21.7 Å². The van der Waals surface area contributed by atoms with Gasteiger partial charge in [0.05, 0.1) is 19.1 Å². The summed E-state index contributed by atoms with van der Waals surface area (Å²) in [5.41, 5.74) is 3.08. The van der Waals surface area contributed by atoms with Gasteiger partial charge < -0.3 is 14.2 Å². The number of benzene rings is 2. The van der Waals surface area contributed by atoms with Crippen molar-refractivity contribution in [3.05, 3.63) is 64.1 Å². The van der Waals surface area contributed by atoms with E-state index in [0.29, 0.717) is 40.3 Å². The molecule has 2 aromatic rings. The molecule has 1 heterocycles. The van der Waals surface area contributed by atoms with Crippen LogP contribution >= 0.6 is 24.0 Å². The molecule has 0 unspecified atom stereocenters. The summed E-state index contributed by atoms with van der Waals surface area (Å²) in [6.45, 7) is 2.86. The average molecular weight is 472 g/mol. The molecule has 0 N–H and O–H groups in total. The molecule has 1 aliphatic heterocycles. The first-order valence-electron chi connectivity index (χ1n) is 10.1. The normalized spacial score (nSPS) is 14.7. The Balaban J connectivity index is 1.68. The smallest absolute Gasteiger partial charge is 0.305 e. The van der Waals surface area contributed by atoms with Gasteiger partial charge in [0, 0.05) is 13.0 Å². The number of aryl methyl sites for hydroxylation is 1. The molecule has 8 heteroatoms. The molecule has 0 atom stereocenters. The molecule has 1 amide bonds. The summed E-state index contributed by atoms with van der Waals surface area (Å²) in [4.78, 5) is 26.1. The number of carbonyl (C=O) groups is 2. The summed E-state index contributed by atoms with van der Waals surface area (Å²) in [6.07, 6.45) is 2.52. The van der Waals surface area contributed by atoms with Crippen LogP contribution in [0.15, 0.2) is 47.4 Å². The highest BCUT2D eigenvalue weighted by Gasteiger charge is 2.31. The molecular weight excluding hydrogens is 446 g/mol. The molecule has 2 aromatic carbocycles. The van der Waals surface area contributed by atoms with Gasteiger partial charge in [0.2, 0.25) is 0 Å². The maximum absolute atomic E-state index is 12.8. The van der Waals surface area contributed by atoms with E-state index in [0.717, 1.165) is 16.7 Å². The van der Waals surface area contributed by atoms with E-state index in [9.17, 15) is 9.59 Å². The van der Waals surface area contributed by atoms with E-state index in [1.807, 2.05) is 49.4 Å². The Morgan fingerprint density at radius 2 is 1.94 bits per heavy atom. The summed E-state index contributed by atoms with van der Waals surface area (Å²) in [6, 6.07) is 13.6. The van der Waals surface area contributed by atoms with Crippen molar-refractivity contribution in [3.63, 3.8) is 0 Å². The highest BCUT2D eigenvalue weighted by Crippen LogP contribution is 2.35. The summed E-state index contributed by atoms with van der Waals surface area (Å²) >= 11 is 6.59. The van der Waals surface area contributed by atoms with Gasteiger partial charge in [-0.25, -0.2) is 0 Å². The van der Waals surface area contributed by atoms with Crippen LogP contribution in [-0.4, -0.2) is 41.9 Å². The third-order valence-corrected chi connectivity index (χ3v) is 6.37. The first-order chi connectivity index (χ1) is 15.4. The Hall–Kier alpha value is -2.84. The molecule has 0 saturated carbocycles. The molecule has 6 nitrogen and oxygen atoms in total. The molecule has 1 aliphatic rings. The number of thioether (sulfide) groups is 1. The molecular formula is C24H25NO5S2. The minimum atomic E-state index is -0.303. The van der Waals surface area contributed by atoms with Gasteiger partial charge in [0.25, 0.3) is 5.91 Å². The Bertz CT molecular complexity index is 1050. The third-order valence-electron chi connectivity index (χ3n) is 4.99. The first kappa shape index (κ1) is 23.8. The number of hydrogen-bond donors (Lipinski definition) is 0. The fraction of sp³-hybridized carbons (Fsp3) is 0.292. The van der Waals surface area contributed by atoms with Crippen molar-refractivity contribution in [1.29, 1.82) is 0 Å². The van der Waals surface area contributed by atoms with E-state index in [1.165, 1.54) is 23.8 Å². The predicted octanol–water partition coefficient (Wildman–Crippen LogP) is 4.74. The van der Waals surface area contributed by atoms with Gasteiger partial charge in [0.15, 0.2) is 11.5 Å². The van der Waals surface area contributed by atoms with Crippen LogP contribution in [0.1, 0.15) is 29.5 Å². The lowest BCUT2D eigenvalue weighted by molar-refractivity contribution is -0.141. The lowest BCUT2D eigenvalue weighted by Gasteiger charge is -2.13. The minimum absolute atomic E-state index is 0.163. The maximum atomic E-state index is 12.8. The van der Waals surface area contributed by atoms with Crippen LogP contribution < -0.4 is 9.47 Å². The standard InChI is InChI=1S/C24H25NO5S2/c1-16-7-4-5-8-18(16)15-30-19-11-10-17(13-20(19)28-2)14-21-23(27)25(24(31)32-21)12-6-9-22(26)29-3/h4-5,7-8,10-11,13-14H,6,9,12,15H2,1-3H3/b21-14-. The maximum Gasteiger partial charge on any atom is 0.305 e. The van der Waals surface area contributed by atoms with Gasteiger partial charge in [-0.3, -0.25) is 14.5 Å². The SMILES string of the molecule is COC(=O)CCCN1C(=O)/C(=C/c2ccc(OCc3ccccc3C)c(OC)c2)SC1=S. The van der Waals surface area contributed by atoms with Gasteiger partial charge in [-0.2, -0.15) is 0 Å². The molecule has 32 heavy (non-hydrogen) atoms. The summed E-state index contributed by atoms with van der Waals surface area (Å²) in [5.74, 6) is 0.746. The van der Waals surface area contributed by atoms with Crippen LogP contribution in [0, 0.1) is 6.92 Å². The molecule has 1 saturated heterocycles. The summed E-state index contributed by atoms with van der Waals surface area (Å²) in [5, 5.41) is 0. The summed E-state index contributed by atoms with van der Waals surface area (Å²) in [7, 11) is 2.93. The fourth-order valence-electron chi connectivity index (χ4n) is 3.15. The van der Waals surface area contributed by atoms with Crippen LogP contribution in [0.25, 0.3) is 6.08 Å². The van der Waals surface area contributed by atoms with E-state index in [1.54, 1.807) is 13.2 Å². The van der Waals surface area contributed by atoms with Crippen molar-refractivity contribution >= 4 is 46.3 Å². The van der Waals surface area contributed by atoms with Gasteiger partial charge >= 0.3 is 5.97 Å². The lowest BCUT2D eigenvalue weighted by atomic mass is 10.1. The van der Waals surface area contributed by atoms with Crippen molar-refractivity contribution < 1.29 is 23.8 Å². The van der Waals surface area contributed by atoms with E-state index in [2.05, 4.69) is 4.74 Å². The van der Waals surface area contributed by atoms with Crippen molar-refractivity contribution in [2.75, 3.05) is 20.8 Å². The topological polar surface area (TPSA) is 65.1 Å². The average Bonchev–Trinajstić information content (AvgIpc) is 3.06. The first-order valence-corrected chi connectivity index (χ1v) is 11.3. The monoisotopic (exact) mass is 471 g/mol. The summed E-state index contributed by atoms with van der Waals surface area (Å²) < 4.78 is 16.6. The van der Waals surface area contributed by atoms with Gasteiger partial charge in [-0.15, -0.1) is 0 Å². The highest BCUT2D eigenvalue weighted by molar-refractivity contribution is 8.26. The van der Waals surface area contributed by atoms with Crippen LogP contribution in [0.2, 0.25) is 0 Å². The number of ether oxygens (including phenoxy) is 3. The van der Waals surface area contributed by atoms with Crippen LogP contribution in [0.3, 0.4) is 0 Å². The van der Waals surface area contributed by atoms with E-state index < -0.39 is 0 Å². The predicted molar refractivity (Wildman–Crippen MR) is 130 cm³/mol. The van der Waals surface area contributed by atoms with Crippen molar-refractivity contribution in [1.82, 2.24) is 4.90 Å². The minimum Gasteiger partial charge on any atom is -0.493 e. The molecule has 0 radical (unpaired) electrons. The zero-order valence-corrected chi connectivity index (χ0v) is 19.9. The molecule has 0 bridgehead atoms. The second-order valence-electron chi connectivity index (χ2n) is 7.14. The number of rotatable bonds is 9. The fourth-order valence-corrected chi connectivity index (χ4v) is 4.46. The van der Waals surface area contributed by atoms with Gasteiger partial charge in [-0.1, -0.05) is 54.3 Å². The zero-order valence-electron chi connectivity index (χ0n) is 18.3. The van der Waals surface area contributed by atoms with E-state index >= 15 is 0 Å². The van der Waals surface area contributed by atoms with Crippen molar-refractivity contribution in [3.8, 4) is 11.5 Å². The Morgan fingerprint density at radius 1 is 1.16 bits per heavy atom. The number of methoxy groups -OCH3 is 2. The van der Waals surface area contributed by atoms with E-state index in [-0.39, 0.29) is 18.3 Å². The zero-order chi connectivity index (χ0) is 23.1. The second-order valence-corrected chi connectivity index (χ2v) is 8.81.